The second-order valence-electron chi connectivity index (χ2n) is 7.34. The van der Waals surface area contributed by atoms with Gasteiger partial charge in [0, 0.05) is 25.8 Å². The molecule has 0 spiro atoms. The lowest BCUT2D eigenvalue weighted by Gasteiger charge is -2.49. The molecule has 1 atom stereocenters. The summed E-state index contributed by atoms with van der Waals surface area (Å²) in [5.74, 6) is 0.0538. The molecule has 6 nitrogen and oxygen atoms in total. The number of carbonyl (C=O) groups is 2. The maximum absolute atomic E-state index is 12.7. The Bertz CT molecular complexity index is 436. The molecule has 2 rings (SSSR count). The minimum Gasteiger partial charge on any atom is -0.381 e. The summed E-state index contributed by atoms with van der Waals surface area (Å²) in [7, 11) is 0. The summed E-state index contributed by atoms with van der Waals surface area (Å²) in [5.41, 5.74) is 5.81. The fourth-order valence-corrected chi connectivity index (χ4v) is 3.81. The van der Waals surface area contributed by atoms with Gasteiger partial charge in [0.05, 0.1) is 18.1 Å². The fourth-order valence-electron chi connectivity index (χ4n) is 3.81. The van der Waals surface area contributed by atoms with E-state index in [-0.39, 0.29) is 48.3 Å². The van der Waals surface area contributed by atoms with Crippen LogP contribution in [-0.4, -0.2) is 65.5 Å². The van der Waals surface area contributed by atoms with Gasteiger partial charge in [-0.3, -0.25) is 9.59 Å². The van der Waals surface area contributed by atoms with Crippen molar-refractivity contribution in [3.63, 3.8) is 0 Å². The number of carbonyl (C=O) groups excluding carboxylic acids is 2. The normalized spacial score (nSPS) is 23.7. The van der Waals surface area contributed by atoms with Gasteiger partial charge in [-0.2, -0.15) is 0 Å². The van der Waals surface area contributed by atoms with Crippen LogP contribution in [0.15, 0.2) is 0 Å². The molecule has 2 heterocycles. The molecule has 0 aromatic heterocycles. The summed E-state index contributed by atoms with van der Waals surface area (Å²) in [5, 5.41) is 0. The predicted molar refractivity (Wildman–Crippen MR) is 91.4 cm³/mol. The lowest BCUT2D eigenvalue weighted by Crippen LogP contribution is -2.66. The summed E-state index contributed by atoms with van der Waals surface area (Å²) in [6, 6.07) is -0.401. The monoisotopic (exact) mass is 347 g/mol. The minimum atomic E-state index is -0.530. The van der Waals surface area contributed by atoms with E-state index >= 15 is 0 Å². The van der Waals surface area contributed by atoms with Crippen LogP contribution in [0.4, 0.5) is 0 Å². The summed E-state index contributed by atoms with van der Waals surface area (Å²) in [6.45, 7) is 10.0. The second kappa shape index (κ2) is 7.81. The Morgan fingerprint density at radius 2 is 1.87 bits per heavy atom. The summed E-state index contributed by atoms with van der Waals surface area (Å²) in [6.07, 6.45) is 1.63. The van der Waals surface area contributed by atoms with Gasteiger partial charge >= 0.3 is 0 Å². The van der Waals surface area contributed by atoms with E-state index in [0.717, 1.165) is 12.8 Å². The molecule has 23 heavy (non-hydrogen) atoms. The molecule has 0 aromatic carbocycles. The SMILES string of the molecule is CC(C)N1C(=O)CN(C(=O)C(N)C2CCOCC2)CC1(C)C.Cl. The van der Waals surface area contributed by atoms with Crippen molar-refractivity contribution in [2.75, 3.05) is 26.3 Å². The van der Waals surface area contributed by atoms with Gasteiger partial charge in [-0.15, -0.1) is 12.4 Å². The zero-order valence-corrected chi connectivity index (χ0v) is 15.4. The van der Waals surface area contributed by atoms with E-state index in [9.17, 15) is 9.59 Å². The maximum atomic E-state index is 12.7. The highest BCUT2D eigenvalue weighted by Crippen LogP contribution is 2.26. The summed E-state index contributed by atoms with van der Waals surface area (Å²) in [4.78, 5) is 28.6. The molecule has 2 fully saturated rings. The first kappa shape index (κ1) is 20.2. The van der Waals surface area contributed by atoms with Crippen LogP contribution in [0, 0.1) is 5.92 Å². The molecular formula is C16H30ClN3O3. The topological polar surface area (TPSA) is 75.9 Å². The Kier molecular flexibility index (Phi) is 6.86. The Morgan fingerprint density at radius 3 is 2.35 bits per heavy atom. The Hall–Kier alpha value is -0.850. The zero-order chi connectivity index (χ0) is 16.5. The third-order valence-electron chi connectivity index (χ3n) is 4.71. The average Bonchev–Trinajstić information content (AvgIpc) is 2.44. The fraction of sp³-hybridized carbons (Fsp3) is 0.875. The second-order valence-corrected chi connectivity index (χ2v) is 7.34. The molecular weight excluding hydrogens is 318 g/mol. The lowest BCUT2D eigenvalue weighted by atomic mass is 9.90. The van der Waals surface area contributed by atoms with Crippen LogP contribution in [0.2, 0.25) is 0 Å². The Balaban J connectivity index is 0.00000264. The standard InChI is InChI=1S/C16H29N3O3.ClH/c1-11(2)19-13(20)9-18(10-16(19,3)4)15(21)14(17)12-5-7-22-8-6-12;/h11-12,14H,5-10,17H2,1-4H3;1H. The number of nitrogens with two attached hydrogens (primary N) is 1. The predicted octanol–water partition coefficient (Wildman–Crippen LogP) is 1.02. The quantitative estimate of drug-likeness (QED) is 0.827. The van der Waals surface area contributed by atoms with Crippen molar-refractivity contribution in [3.8, 4) is 0 Å². The molecule has 2 aliphatic rings. The van der Waals surface area contributed by atoms with Crippen molar-refractivity contribution in [2.45, 2.75) is 58.2 Å². The molecule has 0 bridgehead atoms. The van der Waals surface area contributed by atoms with Crippen LogP contribution in [0.5, 0.6) is 0 Å². The molecule has 0 radical (unpaired) electrons. The first-order chi connectivity index (χ1) is 10.2. The van der Waals surface area contributed by atoms with Gasteiger partial charge in [0.1, 0.15) is 0 Å². The van der Waals surface area contributed by atoms with E-state index in [2.05, 4.69) is 0 Å². The van der Waals surface area contributed by atoms with Crippen molar-refractivity contribution >= 4 is 24.2 Å². The number of amides is 2. The highest BCUT2D eigenvalue weighted by Gasteiger charge is 2.43. The van der Waals surface area contributed by atoms with Gasteiger partial charge in [0.25, 0.3) is 0 Å². The van der Waals surface area contributed by atoms with E-state index in [1.165, 1.54) is 0 Å². The number of nitrogens with zero attached hydrogens (tertiary/aromatic N) is 2. The molecule has 0 aromatic rings. The van der Waals surface area contributed by atoms with Gasteiger partial charge in [-0.05, 0) is 46.5 Å². The van der Waals surface area contributed by atoms with Crippen molar-refractivity contribution in [1.29, 1.82) is 0 Å². The largest absolute Gasteiger partial charge is 0.381 e. The van der Waals surface area contributed by atoms with Crippen LogP contribution >= 0.6 is 12.4 Å². The van der Waals surface area contributed by atoms with E-state index in [4.69, 9.17) is 10.5 Å². The average molecular weight is 348 g/mol. The number of piperazine rings is 1. The van der Waals surface area contributed by atoms with Gasteiger partial charge in [0.2, 0.25) is 11.8 Å². The number of rotatable bonds is 3. The van der Waals surface area contributed by atoms with Gasteiger partial charge in [0.15, 0.2) is 0 Å². The maximum Gasteiger partial charge on any atom is 0.242 e. The molecule has 0 saturated carbocycles. The Labute approximate surface area is 145 Å². The third kappa shape index (κ3) is 4.37. The van der Waals surface area contributed by atoms with Crippen LogP contribution < -0.4 is 5.73 Å². The minimum absolute atomic E-state index is 0. The van der Waals surface area contributed by atoms with Gasteiger partial charge in [-0.1, -0.05) is 0 Å². The Morgan fingerprint density at radius 1 is 1.30 bits per heavy atom. The van der Waals surface area contributed by atoms with Crippen molar-refractivity contribution in [2.24, 2.45) is 11.7 Å². The summed E-state index contributed by atoms with van der Waals surface area (Å²) >= 11 is 0. The van der Waals surface area contributed by atoms with Crippen LogP contribution in [0.1, 0.15) is 40.5 Å². The van der Waals surface area contributed by atoms with Crippen molar-refractivity contribution in [1.82, 2.24) is 9.80 Å². The molecule has 2 aliphatic heterocycles. The van der Waals surface area contributed by atoms with E-state index in [1.54, 1.807) is 4.90 Å². The highest BCUT2D eigenvalue weighted by molar-refractivity contribution is 5.89. The van der Waals surface area contributed by atoms with E-state index < -0.39 is 6.04 Å². The first-order valence-corrected chi connectivity index (χ1v) is 8.18. The molecule has 2 saturated heterocycles. The first-order valence-electron chi connectivity index (χ1n) is 8.18. The van der Waals surface area contributed by atoms with Crippen LogP contribution in [0.25, 0.3) is 0 Å². The molecule has 134 valence electrons. The van der Waals surface area contributed by atoms with E-state index in [1.807, 2.05) is 32.6 Å². The molecule has 1 unspecified atom stereocenters. The van der Waals surface area contributed by atoms with Gasteiger partial charge in [-0.25, -0.2) is 0 Å². The number of halogens is 1. The molecule has 0 aliphatic carbocycles. The van der Waals surface area contributed by atoms with Crippen molar-refractivity contribution < 1.29 is 14.3 Å². The highest BCUT2D eigenvalue weighted by atomic mass is 35.5. The smallest absolute Gasteiger partial charge is 0.242 e. The lowest BCUT2D eigenvalue weighted by molar-refractivity contribution is -0.156. The third-order valence-corrected chi connectivity index (χ3v) is 4.71. The number of hydrogen-bond donors (Lipinski definition) is 1. The van der Waals surface area contributed by atoms with Crippen LogP contribution in [-0.2, 0) is 14.3 Å². The molecule has 2 N–H and O–H groups in total. The number of hydrogen-bond acceptors (Lipinski definition) is 4. The zero-order valence-electron chi connectivity index (χ0n) is 14.6. The van der Waals surface area contributed by atoms with E-state index in [0.29, 0.717) is 19.8 Å². The summed E-state index contributed by atoms with van der Waals surface area (Å²) < 4.78 is 5.32. The molecule has 2 amide bonds. The number of ether oxygens (including phenoxy) is 1. The van der Waals surface area contributed by atoms with Gasteiger partial charge < -0.3 is 20.3 Å². The molecule has 7 heteroatoms. The van der Waals surface area contributed by atoms with Crippen molar-refractivity contribution in [3.05, 3.63) is 0 Å². The van der Waals surface area contributed by atoms with Crippen LogP contribution in [0.3, 0.4) is 0 Å².